The van der Waals surface area contributed by atoms with E-state index >= 15 is 0 Å². The molecule has 1 N–H and O–H groups in total. The van der Waals surface area contributed by atoms with Crippen molar-refractivity contribution in [2.24, 2.45) is 0 Å². The molecule has 0 aromatic heterocycles. The van der Waals surface area contributed by atoms with E-state index in [1.807, 2.05) is 0 Å². The Labute approximate surface area is 118 Å². The Hall–Kier alpha value is -1.46. The number of nitrogens with one attached hydrogen (secondary N) is 1. The molecule has 1 saturated heterocycles. The molecule has 1 amide bonds. The third kappa shape index (κ3) is 4.28. The van der Waals surface area contributed by atoms with Crippen molar-refractivity contribution in [2.45, 2.75) is 25.4 Å². The minimum atomic E-state index is -0.302. The van der Waals surface area contributed by atoms with Gasteiger partial charge in [-0.1, -0.05) is 0 Å². The summed E-state index contributed by atoms with van der Waals surface area (Å²) in [6.07, 6.45) is 2.61. The molecular formula is C15H21FN2O2. The van der Waals surface area contributed by atoms with Crippen LogP contribution in [0.15, 0.2) is 24.3 Å². The van der Waals surface area contributed by atoms with Gasteiger partial charge in [-0.2, -0.15) is 0 Å². The molecule has 0 bridgehead atoms. The summed E-state index contributed by atoms with van der Waals surface area (Å²) in [5.41, 5.74) is 0.693. The minimum Gasteiger partial charge on any atom is -0.378 e. The van der Waals surface area contributed by atoms with Crippen molar-refractivity contribution < 1.29 is 13.9 Å². The van der Waals surface area contributed by atoms with Gasteiger partial charge in [-0.3, -0.25) is 4.79 Å². The predicted molar refractivity (Wildman–Crippen MR) is 76.3 cm³/mol. The number of carbonyl (C=O) groups excluding carboxylic acids is 1. The summed E-state index contributed by atoms with van der Waals surface area (Å²) >= 11 is 0. The average molecular weight is 280 g/mol. The maximum atomic E-state index is 12.8. The van der Waals surface area contributed by atoms with Crippen LogP contribution in [-0.2, 0) is 9.53 Å². The first-order chi connectivity index (χ1) is 9.66. The summed E-state index contributed by atoms with van der Waals surface area (Å²) in [6, 6.07) is 5.90. The minimum absolute atomic E-state index is 0.0226. The van der Waals surface area contributed by atoms with Crippen molar-refractivity contribution in [3.8, 4) is 0 Å². The molecule has 0 unspecified atom stereocenters. The van der Waals surface area contributed by atoms with E-state index in [2.05, 4.69) is 5.32 Å². The van der Waals surface area contributed by atoms with Crippen LogP contribution >= 0.6 is 0 Å². The van der Waals surface area contributed by atoms with Crippen molar-refractivity contribution >= 4 is 11.6 Å². The number of hydrogen-bond donors (Lipinski definition) is 1. The molecule has 0 saturated carbocycles. The van der Waals surface area contributed by atoms with Gasteiger partial charge in [-0.15, -0.1) is 0 Å². The molecule has 0 aliphatic carbocycles. The van der Waals surface area contributed by atoms with Gasteiger partial charge in [0.25, 0.3) is 0 Å². The maximum absolute atomic E-state index is 12.8. The summed E-state index contributed by atoms with van der Waals surface area (Å²) in [7, 11) is 1.69. The van der Waals surface area contributed by atoms with Crippen LogP contribution in [0.3, 0.4) is 0 Å². The number of piperidine rings is 1. The zero-order chi connectivity index (χ0) is 14.4. The maximum Gasteiger partial charge on any atom is 0.229 e. The zero-order valence-electron chi connectivity index (χ0n) is 11.8. The molecule has 110 valence electrons. The summed E-state index contributed by atoms with van der Waals surface area (Å²) in [5, 5.41) is 3.27. The normalized spacial score (nSPS) is 16.1. The molecule has 5 heteroatoms. The quantitative estimate of drug-likeness (QED) is 0.896. The van der Waals surface area contributed by atoms with Crippen LogP contribution in [0.25, 0.3) is 0 Å². The predicted octanol–water partition coefficient (Wildman–Crippen LogP) is 1.95. The number of ether oxygens (including phenoxy) is 1. The zero-order valence-corrected chi connectivity index (χ0v) is 11.8. The molecule has 1 aliphatic rings. The van der Waals surface area contributed by atoms with E-state index in [1.54, 1.807) is 19.2 Å². The summed E-state index contributed by atoms with van der Waals surface area (Å²) in [4.78, 5) is 13.5. The Kier molecular flexibility index (Phi) is 5.49. The molecule has 0 spiro atoms. The third-order valence-corrected chi connectivity index (χ3v) is 3.54. The number of benzene rings is 1. The van der Waals surface area contributed by atoms with Gasteiger partial charge in [-0.05, 0) is 50.2 Å². The van der Waals surface area contributed by atoms with E-state index in [0.29, 0.717) is 18.7 Å². The second-order valence-electron chi connectivity index (χ2n) is 5.00. The molecule has 1 aliphatic heterocycles. The van der Waals surface area contributed by atoms with E-state index < -0.39 is 0 Å². The molecule has 1 aromatic carbocycles. The third-order valence-electron chi connectivity index (χ3n) is 3.54. The Bertz CT molecular complexity index is 430. The van der Waals surface area contributed by atoms with Gasteiger partial charge in [-0.25, -0.2) is 4.39 Å². The van der Waals surface area contributed by atoms with Crippen LogP contribution in [0.1, 0.15) is 19.3 Å². The van der Waals surface area contributed by atoms with Crippen molar-refractivity contribution in [3.05, 3.63) is 30.1 Å². The van der Waals surface area contributed by atoms with Gasteiger partial charge < -0.3 is 15.0 Å². The van der Waals surface area contributed by atoms with Crippen LogP contribution in [-0.4, -0.2) is 38.8 Å². The number of nitrogens with zero attached hydrogens (tertiary/aromatic N) is 1. The van der Waals surface area contributed by atoms with Crippen LogP contribution in [0, 0.1) is 5.82 Å². The molecule has 1 fully saturated rings. The SMILES string of the molecule is CN(C(=O)CCOC1CCNCC1)c1ccc(F)cc1. The topological polar surface area (TPSA) is 41.6 Å². The second kappa shape index (κ2) is 7.36. The Morgan fingerprint density at radius 1 is 1.35 bits per heavy atom. The van der Waals surface area contributed by atoms with E-state index in [9.17, 15) is 9.18 Å². The Morgan fingerprint density at radius 2 is 2.00 bits per heavy atom. The molecule has 1 aromatic rings. The standard InChI is InChI=1S/C15H21FN2O2/c1-18(13-4-2-12(16)3-5-13)15(19)8-11-20-14-6-9-17-10-7-14/h2-5,14,17H,6-11H2,1H3. The smallest absolute Gasteiger partial charge is 0.229 e. The first-order valence-electron chi connectivity index (χ1n) is 7.01. The molecule has 20 heavy (non-hydrogen) atoms. The van der Waals surface area contributed by atoms with E-state index in [0.717, 1.165) is 25.9 Å². The number of hydrogen-bond acceptors (Lipinski definition) is 3. The van der Waals surface area contributed by atoms with Gasteiger partial charge in [0.05, 0.1) is 19.1 Å². The lowest BCUT2D eigenvalue weighted by Crippen LogP contribution is -2.33. The lowest BCUT2D eigenvalue weighted by molar-refractivity contribution is -0.120. The number of carbonyl (C=O) groups is 1. The van der Waals surface area contributed by atoms with Crippen LogP contribution in [0.4, 0.5) is 10.1 Å². The number of anilines is 1. The number of halogens is 1. The first kappa shape index (κ1) is 14.9. The van der Waals surface area contributed by atoms with Crippen molar-refractivity contribution in [2.75, 3.05) is 31.6 Å². The van der Waals surface area contributed by atoms with Gasteiger partial charge in [0, 0.05) is 12.7 Å². The molecule has 1 heterocycles. The van der Waals surface area contributed by atoms with Crippen molar-refractivity contribution in [3.63, 3.8) is 0 Å². The lowest BCUT2D eigenvalue weighted by atomic mass is 10.1. The van der Waals surface area contributed by atoms with Gasteiger partial charge in [0.15, 0.2) is 0 Å². The largest absolute Gasteiger partial charge is 0.378 e. The average Bonchev–Trinajstić information content (AvgIpc) is 2.48. The fourth-order valence-corrected chi connectivity index (χ4v) is 2.25. The van der Waals surface area contributed by atoms with Crippen LogP contribution in [0.2, 0.25) is 0 Å². The molecular weight excluding hydrogens is 259 g/mol. The molecule has 0 atom stereocenters. The fraction of sp³-hybridized carbons (Fsp3) is 0.533. The molecule has 2 rings (SSSR count). The molecule has 0 radical (unpaired) electrons. The summed E-state index contributed by atoms with van der Waals surface area (Å²) < 4.78 is 18.5. The van der Waals surface area contributed by atoms with Gasteiger partial charge in [0.1, 0.15) is 5.82 Å². The number of rotatable bonds is 5. The van der Waals surface area contributed by atoms with Gasteiger partial charge >= 0.3 is 0 Å². The highest BCUT2D eigenvalue weighted by Gasteiger charge is 2.15. The first-order valence-corrected chi connectivity index (χ1v) is 7.01. The fourth-order valence-electron chi connectivity index (χ4n) is 2.25. The lowest BCUT2D eigenvalue weighted by Gasteiger charge is -2.23. The highest BCUT2D eigenvalue weighted by molar-refractivity contribution is 5.92. The highest BCUT2D eigenvalue weighted by atomic mass is 19.1. The van der Waals surface area contributed by atoms with E-state index in [-0.39, 0.29) is 17.8 Å². The Morgan fingerprint density at radius 3 is 2.65 bits per heavy atom. The monoisotopic (exact) mass is 280 g/mol. The highest BCUT2D eigenvalue weighted by Crippen LogP contribution is 2.14. The van der Waals surface area contributed by atoms with E-state index in [4.69, 9.17) is 4.74 Å². The number of amides is 1. The van der Waals surface area contributed by atoms with Crippen LogP contribution < -0.4 is 10.2 Å². The Balaban J connectivity index is 1.74. The second-order valence-corrected chi connectivity index (χ2v) is 5.00. The van der Waals surface area contributed by atoms with E-state index in [1.165, 1.54) is 17.0 Å². The van der Waals surface area contributed by atoms with Gasteiger partial charge in [0.2, 0.25) is 5.91 Å². The molecule has 4 nitrogen and oxygen atoms in total. The summed E-state index contributed by atoms with van der Waals surface area (Å²) in [6.45, 7) is 2.40. The van der Waals surface area contributed by atoms with Crippen molar-refractivity contribution in [1.29, 1.82) is 0 Å². The summed E-state index contributed by atoms with van der Waals surface area (Å²) in [5.74, 6) is -0.325. The van der Waals surface area contributed by atoms with Crippen molar-refractivity contribution in [1.82, 2.24) is 5.32 Å². The van der Waals surface area contributed by atoms with Crippen LogP contribution in [0.5, 0.6) is 0 Å².